The number of carboxylic acid groups (broad SMARTS) is 2. The third-order valence-corrected chi connectivity index (χ3v) is 3.70. The molecule has 140 valence electrons. The van der Waals surface area contributed by atoms with E-state index in [9.17, 15) is 0 Å². The highest BCUT2D eigenvalue weighted by molar-refractivity contribution is 6.27. The fourth-order valence-electron chi connectivity index (χ4n) is 2.31. The SMILES string of the molecule is Cc1cc(OCCN2CCOCC2)cc(C(C)C)c1.O=C(O)C(=O)O. The van der Waals surface area contributed by atoms with E-state index in [1.54, 1.807) is 0 Å². The van der Waals surface area contributed by atoms with Crippen LogP contribution in [0.25, 0.3) is 0 Å². The van der Waals surface area contributed by atoms with Crippen molar-refractivity contribution in [1.82, 2.24) is 4.90 Å². The van der Waals surface area contributed by atoms with E-state index in [2.05, 4.69) is 43.9 Å². The Balaban J connectivity index is 0.000000450. The highest BCUT2D eigenvalue weighted by atomic mass is 16.5. The van der Waals surface area contributed by atoms with E-state index in [1.807, 2.05) is 0 Å². The number of ether oxygens (including phenoxy) is 2. The van der Waals surface area contributed by atoms with Crippen LogP contribution in [-0.2, 0) is 14.3 Å². The number of hydrogen-bond donors (Lipinski definition) is 2. The molecule has 0 unspecified atom stereocenters. The van der Waals surface area contributed by atoms with Gasteiger partial charge in [0.1, 0.15) is 12.4 Å². The number of aliphatic carboxylic acids is 2. The lowest BCUT2D eigenvalue weighted by Crippen LogP contribution is -2.38. The van der Waals surface area contributed by atoms with Gasteiger partial charge in [-0.1, -0.05) is 19.9 Å². The van der Waals surface area contributed by atoms with Crippen molar-refractivity contribution in [2.45, 2.75) is 26.7 Å². The van der Waals surface area contributed by atoms with E-state index >= 15 is 0 Å². The molecule has 1 aliphatic heterocycles. The van der Waals surface area contributed by atoms with E-state index in [1.165, 1.54) is 11.1 Å². The highest BCUT2D eigenvalue weighted by Crippen LogP contribution is 2.22. The number of aryl methyl sites for hydroxylation is 1. The van der Waals surface area contributed by atoms with Gasteiger partial charge in [0.2, 0.25) is 0 Å². The van der Waals surface area contributed by atoms with Crippen molar-refractivity contribution in [3.63, 3.8) is 0 Å². The van der Waals surface area contributed by atoms with Crippen LogP contribution in [0.1, 0.15) is 30.9 Å². The van der Waals surface area contributed by atoms with Gasteiger partial charge in [-0.3, -0.25) is 4.90 Å². The van der Waals surface area contributed by atoms with E-state index in [0.717, 1.165) is 45.2 Å². The van der Waals surface area contributed by atoms with Gasteiger partial charge in [0, 0.05) is 19.6 Å². The molecule has 0 saturated carbocycles. The van der Waals surface area contributed by atoms with Crippen molar-refractivity contribution in [2.24, 2.45) is 0 Å². The Hall–Kier alpha value is -2.12. The maximum absolute atomic E-state index is 9.10. The van der Waals surface area contributed by atoms with E-state index < -0.39 is 11.9 Å². The molecule has 0 aliphatic carbocycles. The van der Waals surface area contributed by atoms with E-state index in [0.29, 0.717) is 5.92 Å². The third kappa shape index (κ3) is 8.51. The van der Waals surface area contributed by atoms with Crippen LogP contribution in [0.2, 0.25) is 0 Å². The summed E-state index contributed by atoms with van der Waals surface area (Å²) in [5, 5.41) is 14.8. The molecule has 0 amide bonds. The second kappa shape index (κ2) is 10.7. The first-order valence-electron chi connectivity index (χ1n) is 8.30. The smallest absolute Gasteiger partial charge is 0.414 e. The third-order valence-electron chi connectivity index (χ3n) is 3.70. The number of carbonyl (C=O) groups is 2. The summed E-state index contributed by atoms with van der Waals surface area (Å²) in [5.74, 6) is -2.11. The lowest BCUT2D eigenvalue weighted by molar-refractivity contribution is -0.159. The van der Waals surface area contributed by atoms with Gasteiger partial charge in [-0.05, 0) is 36.1 Å². The number of nitrogens with zero attached hydrogens (tertiary/aromatic N) is 1. The monoisotopic (exact) mass is 353 g/mol. The van der Waals surface area contributed by atoms with Crippen LogP contribution in [0.15, 0.2) is 18.2 Å². The molecule has 0 aromatic heterocycles. The van der Waals surface area contributed by atoms with Crippen LogP contribution < -0.4 is 4.74 Å². The van der Waals surface area contributed by atoms with Gasteiger partial charge in [-0.15, -0.1) is 0 Å². The molecule has 1 heterocycles. The van der Waals surface area contributed by atoms with Gasteiger partial charge in [-0.25, -0.2) is 9.59 Å². The number of benzene rings is 1. The normalized spacial score (nSPS) is 14.6. The van der Waals surface area contributed by atoms with E-state index in [-0.39, 0.29) is 0 Å². The second-order valence-electron chi connectivity index (χ2n) is 6.15. The predicted molar refractivity (Wildman–Crippen MR) is 93.3 cm³/mol. The van der Waals surface area contributed by atoms with E-state index in [4.69, 9.17) is 29.3 Å². The Morgan fingerprint density at radius 3 is 2.28 bits per heavy atom. The van der Waals surface area contributed by atoms with Crippen LogP contribution in [-0.4, -0.2) is 66.5 Å². The van der Waals surface area contributed by atoms with Crippen LogP contribution >= 0.6 is 0 Å². The predicted octanol–water partition coefficient (Wildman–Crippen LogP) is 1.99. The molecule has 1 saturated heterocycles. The average molecular weight is 353 g/mol. The molecule has 0 atom stereocenters. The fourth-order valence-corrected chi connectivity index (χ4v) is 2.31. The number of carboxylic acids is 2. The summed E-state index contributed by atoms with van der Waals surface area (Å²) in [6.07, 6.45) is 0. The molecule has 7 nitrogen and oxygen atoms in total. The van der Waals surface area contributed by atoms with Gasteiger partial charge in [0.15, 0.2) is 0 Å². The number of morpholine rings is 1. The molecule has 1 aliphatic rings. The Bertz CT molecular complexity index is 555. The fraction of sp³-hybridized carbons (Fsp3) is 0.556. The highest BCUT2D eigenvalue weighted by Gasteiger charge is 2.10. The van der Waals surface area contributed by atoms with Gasteiger partial charge < -0.3 is 19.7 Å². The van der Waals surface area contributed by atoms with Crippen molar-refractivity contribution in [1.29, 1.82) is 0 Å². The summed E-state index contributed by atoms with van der Waals surface area (Å²) in [6.45, 7) is 12.0. The Morgan fingerprint density at radius 1 is 1.16 bits per heavy atom. The number of rotatable bonds is 5. The standard InChI is InChI=1S/C16H25NO2.C2H2O4/c1-13(2)15-10-14(3)11-16(12-15)19-9-6-17-4-7-18-8-5-17;3-1(4)2(5)6/h10-13H,4-9H2,1-3H3;(H,3,4)(H,5,6). The van der Waals surface area contributed by atoms with Crippen molar-refractivity contribution in [3.8, 4) is 5.75 Å². The van der Waals surface area contributed by atoms with Gasteiger partial charge >= 0.3 is 11.9 Å². The zero-order chi connectivity index (χ0) is 18.8. The molecule has 0 radical (unpaired) electrons. The van der Waals surface area contributed by atoms with Gasteiger partial charge in [-0.2, -0.15) is 0 Å². The molecule has 1 aromatic rings. The lowest BCUT2D eigenvalue weighted by atomic mass is 10.0. The zero-order valence-corrected chi connectivity index (χ0v) is 15.0. The molecule has 2 rings (SSSR count). The molecule has 25 heavy (non-hydrogen) atoms. The Kier molecular flexibility index (Phi) is 8.94. The molecule has 1 aromatic carbocycles. The maximum Gasteiger partial charge on any atom is 0.414 e. The van der Waals surface area contributed by atoms with Crippen molar-refractivity contribution in [2.75, 3.05) is 39.5 Å². The minimum absolute atomic E-state index is 0.543. The Labute approximate surface area is 148 Å². The molecule has 0 spiro atoms. The minimum Gasteiger partial charge on any atom is -0.492 e. The minimum atomic E-state index is -1.82. The summed E-state index contributed by atoms with van der Waals surface area (Å²) in [5.41, 5.74) is 2.62. The summed E-state index contributed by atoms with van der Waals surface area (Å²) >= 11 is 0. The summed E-state index contributed by atoms with van der Waals surface area (Å²) in [4.78, 5) is 20.6. The van der Waals surface area contributed by atoms with Crippen LogP contribution in [0.5, 0.6) is 5.75 Å². The van der Waals surface area contributed by atoms with Crippen LogP contribution in [0.4, 0.5) is 0 Å². The van der Waals surface area contributed by atoms with Gasteiger partial charge in [0.05, 0.1) is 13.2 Å². The topological polar surface area (TPSA) is 96.3 Å². The van der Waals surface area contributed by atoms with Crippen molar-refractivity contribution < 1.29 is 29.3 Å². The summed E-state index contributed by atoms with van der Waals surface area (Å²) < 4.78 is 11.2. The quantitative estimate of drug-likeness (QED) is 0.781. The molecular formula is C18H27NO6. The Morgan fingerprint density at radius 2 is 1.76 bits per heavy atom. The summed E-state index contributed by atoms with van der Waals surface area (Å²) in [6, 6.07) is 6.52. The molecular weight excluding hydrogens is 326 g/mol. The molecule has 0 bridgehead atoms. The lowest BCUT2D eigenvalue weighted by Gasteiger charge is -2.26. The summed E-state index contributed by atoms with van der Waals surface area (Å²) in [7, 11) is 0. The van der Waals surface area contributed by atoms with Crippen LogP contribution in [0, 0.1) is 6.92 Å². The first-order chi connectivity index (χ1) is 11.8. The molecule has 2 N–H and O–H groups in total. The van der Waals surface area contributed by atoms with Gasteiger partial charge in [0.25, 0.3) is 0 Å². The second-order valence-corrected chi connectivity index (χ2v) is 6.15. The van der Waals surface area contributed by atoms with Crippen molar-refractivity contribution in [3.05, 3.63) is 29.3 Å². The molecule has 7 heteroatoms. The number of hydrogen-bond acceptors (Lipinski definition) is 5. The average Bonchev–Trinajstić information content (AvgIpc) is 2.56. The largest absolute Gasteiger partial charge is 0.492 e. The first kappa shape index (κ1) is 20.9. The van der Waals surface area contributed by atoms with Crippen molar-refractivity contribution >= 4 is 11.9 Å². The first-order valence-corrected chi connectivity index (χ1v) is 8.30. The maximum atomic E-state index is 9.10. The zero-order valence-electron chi connectivity index (χ0n) is 15.0. The van der Waals surface area contributed by atoms with Crippen LogP contribution in [0.3, 0.4) is 0 Å². The molecule has 1 fully saturated rings.